The van der Waals surface area contributed by atoms with Crippen LogP contribution < -0.4 is 0 Å². The monoisotopic (exact) mass is 170 g/mol. The molecule has 1 aliphatic carbocycles. The molecule has 0 radical (unpaired) electrons. The molecule has 0 amide bonds. The van der Waals surface area contributed by atoms with Gasteiger partial charge in [-0.2, -0.15) is 0 Å². The van der Waals surface area contributed by atoms with E-state index in [9.17, 15) is 4.79 Å². The average Bonchev–Trinajstić information content (AvgIpc) is 1.82. The van der Waals surface area contributed by atoms with E-state index in [1.807, 2.05) is 20.8 Å². The van der Waals surface area contributed by atoms with Crippen LogP contribution in [0.4, 0.5) is 0 Å². The number of hydrogen-bond donors (Lipinski definition) is 0. The van der Waals surface area contributed by atoms with Crippen LogP contribution in [-0.4, -0.2) is 17.5 Å². The maximum atomic E-state index is 11.1. The third-order valence-corrected chi connectivity index (χ3v) is 1.96. The second kappa shape index (κ2) is 3.56. The van der Waals surface area contributed by atoms with Gasteiger partial charge in [0.1, 0.15) is 5.78 Å². The Balaban J connectivity index is 2.37. The Labute approximate surface area is 74.3 Å². The summed E-state index contributed by atoms with van der Waals surface area (Å²) in [5.41, 5.74) is -0.109. The Morgan fingerprint density at radius 3 is 2.58 bits per heavy atom. The zero-order valence-electron chi connectivity index (χ0n) is 8.22. The minimum atomic E-state index is -0.109. The molecule has 1 aliphatic rings. The van der Waals surface area contributed by atoms with E-state index in [-0.39, 0.29) is 11.7 Å². The molecule has 0 aliphatic heterocycles. The number of rotatable bonds is 1. The fraction of sp³-hybridized carbons (Fsp3) is 0.900. The largest absolute Gasteiger partial charge is 0.372 e. The molecule has 0 heterocycles. The highest BCUT2D eigenvalue weighted by atomic mass is 16.5. The summed E-state index contributed by atoms with van der Waals surface area (Å²) in [4.78, 5) is 11.1. The molecule has 0 unspecified atom stereocenters. The van der Waals surface area contributed by atoms with Crippen molar-refractivity contribution in [3.05, 3.63) is 0 Å². The van der Waals surface area contributed by atoms with Crippen molar-refractivity contribution in [1.82, 2.24) is 0 Å². The number of Topliss-reactive ketones (excluding diaryl/α,β-unsaturated/α-hetero) is 1. The summed E-state index contributed by atoms with van der Waals surface area (Å²) in [7, 11) is 0. The van der Waals surface area contributed by atoms with E-state index in [1.165, 1.54) is 0 Å². The van der Waals surface area contributed by atoms with E-state index in [0.717, 1.165) is 19.3 Å². The lowest BCUT2D eigenvalue weighted by atomic mass is 9.96. The number of ether oxygens (including phenoxy) is 1. The maximum Gasteiger partial charge on any atom is 0.135 e. The highest BCUT2D eigenvalue weighted by Gasteiger charge is 2.24. The topological polar surface area (TPSA) is 26.3 Å². The van der Waals surface area contributed by atoms with Gasteiger partial charge in [0.15, 0.2) is 0 Å². The highest BCUT2D eigenvalue weighted by Crippen LogP contribution is 2.22. The molecule has 2 nitrogen and oxygen atoms in total. The molecule has 0 spiro atoms. The van der Waals surface area contributed by atoms with E-state index in [1.54, 1.807) is 0 Å². The van der Waals surface area contributed by atoms with Gasteiger partial charge in [0, 0.05) is 12.8 Å². The SMILES string of the molecule is CC(C)(C)O[C@H]1CCCC(=O)C1. The predicted octanol–water partition coefficient (Wildman–Crippen LogP) is 2.31. The molecule has 0 saturated heterocycles. The molecule has 2 heteroatoms. The minimum Gasteiger partial charge on any atom is -0.372 e. The van der Waals surface area contributed by atoms with Gasteiger partial charge in [-0.15, -0.1) is 0 Å². The van der Waals surface area contributed by atoms with Crippen LogP contribution in [0.3, 0.4) is 0 Å². The van der Waals surface area contributed by atoms with Crippen LogP contribution in [0.15, 0.2) is 0 Å². The van der Waals surface area contributed by atoms with Crippen molar-refractivity contribution >= 4 is 5.78 Å². The molecule has 0 bridgehead atoms. The van der Waals surface area contributed by atoms with Gasteiger partial charge >= 0.3 is 0 Å². The molecule has 0 N–H and O–H groups in total. The summed E-state index contributed by atoms with van der Waals surface area (Å²) in [6.07, 6.45) is 3.59. The molecule has 12 heavy (non-hydrogen) atoms. The second-order valence-corrected chi connectivity index (χ2v) is 4.49. The zero-order valence-corrected chi connectivity index (χ0v) is 8.22. The van der Waals surface area contributed by atoms with E-state index in [0.29, 0.717) is 12.2 Å². The first-order valence-corrected chi connectivity index (χ1v) is 4.67. The molecule has 0 aromatic carbocycles. The van der Waals surface area contributed by atoms with Gasteiger partial charge in [0.05, 0.1) is 11.7 Å². The fourth-order valence-corrected chi connectivity index (χ4v) is 1.59. The third-order valence-electron chi connectivity index (χ3n) is 1.96. The molecular formula is C10H18O2. The summed E-state index contributed by atoms with van der Waals surface area (Å²) in [5.74, 6) is 0.357. The Bertz CT molecular complexity index is 167. The molecule has 1 rings (SSSR count). The van der Waals surface area contributed by atoms with Crippen LogP contribution in [0.1, 0.15) is 46.5 Å². The number of carbonyl (C=O) groups excluding carboxylic acids is 1. The Kier molecular flexibility index (Phi) is 2.89. The summed E-state index contributed by atoms with van der Waals surface area (Å²) in [5, 5.41) is 0. The predicted molar refractivity (Wildman–Crippen MR) is 48.1 cm³/mol. The Hall–Kier alpha value is -0.370. The number of ketones is 1. The second-order valence-electron chi connectivity index (χ2n) is 4.49. The average molecular weight is 170 g/mol. The highest BCUT2D eigenvalue weighted by molar-refractivity contribution is 5.79. The van der Waals surface area contributed by atoms with Crippen LogP contribution in [0.25, 0.3) is 0 Å². The van der Waals surface area contributed by atoms with Crippen molar-refractivity contribution in [1.29, 1.82) is 0 Å². The third kappa shape index (κ3) is 3.35. The van der Waals surface area contributed by atoms with Crippen LogP contribution in [0.2, 0.25) is 0 Å². The van der Waals surface area contributed by atoms with Crippen molar-refractivity contribution in [2.75, 3.05) is 0 Å². The van der Waals surface area contributed by atoms with Crippen LogP contribution in [0, 0.1) is 0 Å². The van der Waals surface area contributed by atoms with E-state index >= 15 is 0 Å². The lowest BCUT2D eigenvalue weighted by Gasteiger charge is -2.29. The van der Waals surface area contributed by atoms with E-state index in [4.69, 9.17) is 4.74 Å². The van der Waals surface area contributed by atoms with Crippen molar-refractivity contribution in [3.63, 3.8) is 0 Å². The van der Waals surface area contributed by atoms with Gasteiger partial charge in [-0.3, -0.25) is 4.79 Å². The molecule has 1 fully saturated rings. The number of carbonyl (C=O) groups is 1. The zero-order chi connectivity index (χ0) is 9.19. The van der Waals surface area contributed by atoms with Crippen molar-refractivity contribution < 1.29 is 9.53 Å². The van der Waals surface area contributed by atoms with Gasteiger partial charge in [0.25, 0.3) is 0 Å². The summed E-state index contributed by atoms with van der Waals surface area (Å²) in [6, 6.07) is 0. The van der Waals surface area contributed by atoms with Gasteiger partial charge in [-0.05, 0) is 33.6 Å². The van der Waals surface area contributed by atoms with Crippen molar-refractivity contribution in [2.24, 2.45) is 0 Å². The molecule has 0 aromatic heterocycles. The van der Waals surface area contributed by atoms with Gasteiger partial charge in [0.2, 0.25) is 0 Å². The van der Waals surface area contributed by atoms with Crippen molar-refractivity contribution in [3.8, 4) is 0 Å². The number of hydrogen-bond acceptors (Lipinski definition) is 2. The standard InChI is InChI=1S/C10H18O2/c1-10(2,3)12-9-6-4-5-8(11)7-9/h9H,4-7H2,1-3H3/t9-/m0/s1. The van der Waals surface area contributed by atoms with Crippen LogP contribution in [-0.2, 0) is 9.53 Å². The van der Waals surface area contributed by atoms with Gasteiger partial charge in [-0.1, -0.05) is 0 Å². The first-order valence-electron chi connectivity index (χ1n) is 4.67. The summed E-state index contributed by atoms with van der Waals surface area (Å²) < 4.78 is 5.73. The van der Waals surface area contributed by atoms with Crippen LogP contribution in [0.5, 0.6) is 0 Å². The van der Waals surface area contributed by atoms with Crippen molar-refractivity contribution in [2.45, 2.75) is 58.2 Å². The smallest absolute Gasteiger partial charge is 0.135 e. The first-order chi connectivity index (χ1) is 5.47. The van der Waals surface area contributed by atoms with E-state index < -0.39 is 0 Å². The molecule has 1 atom stereocenters. The first kappa shape index (κ1) is 9.72. The normalized spacial score (nSPS) is 25.9. The quantitative estimate of drug-likeness (QED) is 0.603. The molecule has 70 valence electrons. The van der Waals surface area contributed by atoms with Gasteiger partial charge in [-0.25, -0.2) is 0 Å². The maximum absolute atomic E-state index is 11.1. The molecular weight excluding hydrogens is 152 g/mol. The Morgan fingerprint density at radius 2 is 2.08 bits per heavy atom. The summed E-state index contributed by atoms with van der Waals surface area (Å²) in [6.45, 7) is 6.10. The molecule has 0 aromatic rings. The van der Waals surface area contributed by atoms with Crippen LogP contribution >= 0.6 is 0 Å². The van der Waals surface area contributed by atoms with E-state index in [2.05, 4.69) is 0 Å². The summed E-state index contributed by atoms with van der Waals surface area (Å²) >= 11 is 0. The lowest BCUT2D eigenvalue weighted by molar-refractivity contribution is -0.129. The Morgan fingerprint density at radius 1 is 1.42 bits per heavy atom. The van der Waals surface area contributed by atoms with Gasteiger partial charge < -0.3 is 4.74 Å². The minimum absolute atomic E-state index is 0.109. The molecule has 1 saturated carbocycles. The lowest BCUT2D eigenvalue weighted by Crippen LogP contribution is -2.31. The fourth-order valence-electron chi connectivity index (χ4n) is 1.59.